The van der Waals surface area contributed by atoms with Gasteiger partial charge in [-0.1, -0.05) is 26.0 Å². The Bertz CT molecular complexity index is 626. The van der Waals surface area contributed by atoms with Crippen LogP contribution in [0.5, 0.6) is 5.75 Å². The molecule has 0 aliphatic carbocycles. The molecule has 0 radical (unpaired) electrons. The molecule has 1 rings (SSSR count). The minimum atomic E-state index is -3.12. The lowest BCUT2D eigenvalue weighted by Gasteiger charge is -2.18. The number of nitrogens with one attached hydrogen (secondary N) is 1. The van der Waals surface area contributed by atoms with Crippen LogP contribution in [0, 0.1) is 5.92 Å². The van der Waals surface area contributed by atoms with E-state index in [1.54, 1.807) is 0 Å². The minimum absolute atomic E-state index is 0.0994. The molecule has 0 heterocycles. The number of amides is 1. The Hall–Kier alpha value is -1.60. The highest BCUT2D eigenvalue weighted by molar-refractivity contribution is 7.90. The van der Waals surface area contributed by atoms with Crippen LogP contribution in [-0.4, -0.2) is 39.0 Å². The molecule has 0 aliphatic heterocycles. The first-order valence-electron chi connectivity index (χ1n) is 8.05. The van der Waals surface area contributed by atoms with Gasteiger partial charge in [-0.05, 0) is 37.0 Å². The molecule has 0 spiro atoms. The number of carbonyl (C=O) groups is 1. The maximum atomic E-state index is 12.0. The van der Waals surface area contributed by atoms with Crippen LogP contribution in [0.3, 0.4) is 0 Å². The Morgan fingerprint density at radius 2 is 1.79 bits per heavy atom. The Kier molecular flexibility index (Phi) is 7.69. The highest BCUT2D eigenvalue weighted by atomic mass is 32.2. The largest absolute Gasteiger partial charge is 0.493 e. The van der Waals surface area contributed by atoms with Crippen molar-refractivity contribution in [3.63, 3.8) is 0 Å². The normalized spacial score (nSPS) is 14.2. The number of hydrogen-bond acceptors (Lipinski definition) is 5. The number of rotatable bonds is 9. The molecule has 0 aliphatic rings. The zero-order valence-electron chi connectivity index (χ0n) is 14.8. The van der Waals surface area contributed by atoms with Gasteiger partial charge in [-0.15, -0.1) is 0 Å². The summed E-state index contributed by atoms with van der Waals surface area (Å²) in [5, 5.41) is 2.80. The van der Waals surface area contributed by atoms with Crippen LogP contribution < -0.4 is 15.8 Å². The SMILES string of the molecule is CC(C)COc1ccc(C(C)NC(=O)C(N)CCS(C)(=O)=O)cc1. The maximum absolute atomic E-state index is 12.0. The van der Waals surface area contributed by atoms with Gasteiger partial charge in [0, 0.05) is 6.26 Å². The zero-order chi connectivity index (χ0) is 18.3. The first kappa shape index (κ1) is 20.4. The van der Waals surface area contributed by atoms with Gasteiger partial charge in [0.1, 0.15) is 15.6 Å². The second kappa shape index (κ2) is 9.03. The van der Waals surface area contributed by atoms with Crippen molar-refractivity contribution >= 4 is 15.7 Å². The van der Waals surface area contributed by atoms with Gasteiger partial charge < -0.3 is 15.8 Å². The Morgan fingerprint density at radius 1 is 1.21 bits per heavy atom. The minimum Gasteiger partial charge on any atom is -0.493 e. The molecule has 0 saturated carbocycles. The van der Waals surface area contributed by atoms with Crippen LogP contribution in [0.4, 0.5) is 0 Å². The Morgan fingerprint density at radius 3 is 2.29 bits per heavy atom. The molecule has 1 amide bonds. The third-order valence-electron chi connectivity index (χ3n) is 3.46. The van der Waals surface area contributed by atoms with Crippen LogP contribution in [0.2, 0.25) is 0 Å². The second-order valence-electron chi connectivity index (χ2n) is 6.53. The standard InChI is InChI=1S/C17H28N2O4S/c1-12(2)11-23-15-7-5-14(6-8-15)13(3)19-17(20)16(18)9-10-24(4,21)22/h5-8,12-13,16H,9-11,18H2,1-4H3,(H,19,20). The van der Waals surface area contributed by atoms with Gasteiger partial charge in [0.2, 0.25) is 5.91 Å². The summed E-state index contributed by atoms with van der Waals surface area (Å²) in [7, 11) is -3.12. The summed E-state index contributed by atoms with van der Waals surface area (Å²) in [4.78, 5) is 12.0. The van der Waals surface area contributed by atoms with E-state index in [4.69, 9.17) is 10.5 Å². The molecule has 0 aromatic heterocycles. The highest BCUT2D eigenvalue weighted by Crippen LogP contribution is 2.18. The Labute approximate surface area is 144 Å². The van der Waals surface area contributed by atoms with Crippen molar-refractivity contribution in [2.75, 3.05) is 18.6 Å². The first-order valence-corrected chi connectivity index (χ1v) is 10.1. The summed E-state index contributed by atoms with van der Waals surface area (Å²) < 4.78 is 27.9. The number of carbonyl (C=O) groups excluding carboxylic acids is 1. The van der Waals surface area contributed by atoms with Crippen LogP contribution in [0.1, 0.15) is 38.8 Å². The van der Waals surface area contributed by atoms with Crippen molar-refractivity contribution in [3.8, 4) is 5.75 Å². The third-order valence-corrected chi connectivity index (χ3v) is 4.44. The van der Waals surface area contributed by atoms with E-state index in [1.165, 1.54) is 0 Å². The predicted molar refractivity (Wildman–Crippen MR) is 95.6 cm³/mol. The molecule has 1 aromatic carbocycles. The summed E-state index contributed by atoms with van der Waals surface area (Å²) in [6.45, 7) is 6.67. The van der Waals surface area contributed by atoms with Gasteiger partial charge >= 0.3 is 0 Å². The first-order chi connectivity index (χ1) is 11.1. The van der Waals surface area contributed by atoms with Gasteiger partial charge in [-0.25, -0.2) is 8.42 Å². The van der Waals surface area contributed by atoms with Crippen LogP contribution >= 0.6 is 0 Å². The molecule has 7 heteroatoms. The predicted octanol–water partition coefficient (Wildman–Crippen LogP) is 1.66. The molecule has 0 bridgehead atoms. The number of hydrogen-bond donors (Lipinski definition) is 2. The van der Waals surface area contributed by atoms with E-state index in [0.29, 0.717) is 12.5 Å². The van der Waals surface area contributed by atoms with Crippen LogP contribution in [-0.2, 0) is 14.6 Å². The third kappa shape index (κ3) is 7.79. The van der Waals surface area contributed by atoms with E-state index in [0.717, 1.165) is 17.6 Å². The molecule has 6 nitrogen and oxygen atoms in total. The fourth-order valence-electron chi connectivity index (χ4n) is 1.99. The van der Waals surface area contributed by atoms with E-state index in [1.807, 2.05) is 31.2 Å². The van der Waals surface area contributed by atoms with E-state index >= 15 is 0 Å². The summed E-state index contributed by atoms with van der Waals surface area (Å²) in [5.41, 5.74) is 6.67. The second-order valence-corrected chi connectivity index (χ2v) is 8.79. The van der Waals surface area contributed by atoms with Gasteiger partial charge in [0.05, 0.1) is 24.4 Å². The molecular formula is C17H28N2O4S. The molecule has 2 atom stereocenters. The average molecular weight is 356 g/mol. The van der Waals surface area contributed by atoms with Gasteiger partial charge in [-0.3, -0.25) is 4.79 Å². The van der Waals surface area contributed by atoms with Crippen molar-refractivity contribution < 1.29 is 17.9 Å². The lowest BCUT2D eigenvalue weighted by molar-refractivity contribution is -0.123. The van der Waals surface area contributed by atoms with Crippen LogP contribution in [0.15, 0.2) is 24.3 Å². The van der Waals surface area contributed by atoms with Crippen molar-refractivity contribution in [3.05, 3.63) is 29.8 Å². The fourth-order valence-corrected chi connectivity index (χ4v) is 2.67. The fraction of sp³-hybridized carbons (Fsp3) is 0.588. The van der Waals surface area contributed by atoms with Gasteiger partial charge in [-0.2, -0.15) is 0 Å². The number of nitrogens with two attached hydrogens (primary N) is 1. The monoisotopic (exact) mass is 356 g/mol. The summed E-state index contributed by atoms with van der Waals surface area (Å²) in [5.74, 6) is 0.788. The molecule has 2 unspecified atom stereocenters. The lowest BCUT2D eigenvalue weighted by atomic mass is 10.1. The molecular weight excluding hydrogens is 328 g/mol. The van der Waals surface area contributed by atoms with Gasteiger partial charge in [0.15, 0.2) is 0 Å². The van der Waals surface area contributed by atoms with E-state index in [9.17, 15) is 13.2 Å². The molecule has 24 heavy (non-hydrogen) atoms. The lowest BCUT2D eigenvalue weighted by Crippen LogP contribution is -2.42. The van der Waals surface area contributed by atoms with E-state index < -0.39 is 15.9 Å². The summed E-state index contributed by atoms with van der Waals surface area (Å²) in [6.07, 6.45) is 1.24. The molecule has 0 saturated heterocycles. The molecule has 136 valence electrons. The smallest absolute Gasteiger partial charge is 0.237 e. The van der Waals surface area contributed by atoms with E-state index in [-0.39, 0.29) is 24.1 Å². The zero-order valence-corrected chi connectivity index (χ0v) is 15.6. The average Bonchev–Trinajstić information content (AvgIpc) is 2.50. The molecule has 0 fully saturated rings. The maximum Gasteiger partial charge on any atom is 0.237 e. The van der Waals surface area contributed by atoms with Crippen molar-refractivity contribution in [1.29, 1.82) is 0 Å². The molecule has 3 N–H and O–H groups in total. The van der Waals surface area contributed by atoms with Crippen molar-refractivity contribution in [2.45, 2.75) is 39.3 Å². The van der Waals surface area contributed by atoms with Crippen molar-refractivity contribution in [1.82, 2.24) is 5.32 Å². The van der Waals surface area contributed by atoms with Gasteiger partial charge in [0.25, 0.3) is 0 Å². The number of sulfone groups is 1. The summed E-state index contributed by atoms with van der Waals surface area (Å²) >= 11 is 0. The molecule has 1 aromatic rings. The topological polar surface area (TPSA) is 98.5 Å². The Balaban J connectivity index is 2.54. The number of ether oxygens (including phenoxy) is 1. The quantitative estimate of drug-likeness (QED) is 0.701. The van der Waals surface area contributed by atoms with Crippen LogP contribution in [0.25, 0.3) is 0 Å². The van der Waals surface area contributed by atoms with Crippen molar-refractivity contribution in [2.24, 2.45) is 11.7 Å². The van der Waals surface area contributed by atoms with E-state index in [2.05, 4.69) is 19.2 Å². The summed E-state index contributed by atoms with van der Waals surface area (Å²) in [6, 6.07) is 6.45. The number of benzene rings is 1. The highest BCUT2D eigenvalue weighted by Gasteiger charge is 2.18.